The second-order valence-electron chi connectivity index (χ2n) is 12.6. The topological polar surface area (TPSA) is 153 Å². The molecule has 0 radical (unpaired) electrons. The fraction of sp³-hybridized carbons (Fsp3) is 0.586. The third kappa shape index (κ3) is 4.39. The second kappa shape index (κ2) is 9.04. The van der Waals surface area contributed by atoms with Crippen LogP contribution in [0.2, 0.25) is 0 Å². The van der Waals surface area contributed by atoms with Crippen molar-refractivity contribution in [3.05, 3.63) is 40.7 Å². The van der Waals surface area contributed by atoms with Gasteiger partial charge in [-0.25, -0.2) is 9.42 Å². The third-order valence-corrected chi connectivity index (χ3v) is 9.63. The van der Waals surface area contributed by atoms with Gasteiger partial charge in [-0.15, -0.1) is 0 Å². The first-order valence-electron chi connectivity index (χ1n) is 14.3. The molecule has 5 aliphatic rings. The van der Waals surface area contributed by atoms with Crippen LogP contribution in [0.25, 0.3) is 0 Å². The molecule has 1 aromatic carbocycles. The monoisotopic (exact) mass is 543 g/mol. The van der Waals surface area contributed by atoms with E-state index in [2.05, 4.69) is 32.3 Å². The van der Waals surface area contributed by atoms with E-state index >= 15 is 0 Å². The van der Waals surface area contributed by atoms with Crippen molar-refractivity contribution in [1.82, 2.24) is 25.8 Å². The number of amides is 4. The first-order valence-corrected chi connectivity index (χ1v) is 14.3. The quantitative estimate of drug-likeness (QED) is 0.463. The number of anilines is 1. The van der Waals surface area contributed by atoms with Gasteiger partial charge in [-0.05, 0) is 91.6 Å². The van der Waals surface area contributed by atoms with Crippen LogP contribution in [0.4, 0.5) is 10.5 Å². The van der Waals surface area contributed by atoms with E-state index in [0.29, 0.717) is 49.1 Å². The molecule has 2 aromatic rings. The number of carbonyl (C=O) groups excluding carboxylic acids is 3. The van der Waals surface area contributed by atoms with Gasteiger partial charge in [-0.2, -0.15) is 5.26 Å². The summed E-state index contributed by atoms with van der Waals surface area (Å²) >= 11 is 0. The molecule has 1 saturated heterocycles. The third-order valence-electron chi connectivity index (χ3n) is 9.63. The summed E-state index contributed by atoms with van der Waals surface area (Å²) in [6.07, 6.45) is 7.27. The van der Waals surface area contributed by atoms with E-state index in [1.807, 2.05) is 18.2 Å². The molecule has 40 heavy (non-hydrogen) atoms. The summed E-state index contributed by atoms with van der Waals surface area (Å²) in [5.74, 6) is 0.175. The normalized spacial score (nSPS) is 25.2. The highest BCUT2D eigenvalue weighted by Gasteiger charge is 2.55. The molecular formula is C29H33N7O4. The molecule has 7 rings (SSSR count). The Labute approximate surface area is 232 Å². The van der Waals surface area contributed by atoms with E-state index in [1.54, 1.807) is 11.8 Å². The number of nitrogens with one attached hydrogen (secondary N) is 3. The minimum Gasteiger partial charge on any atom is -0.338 e. The Morgan fingerprint density at radius 1 is 1.15 bits per heavy atom. The molecule has 3 N–H and O–H groups in total. The molecule has 0 bridgehead atoms. The summed E-state index contributed by atoms with van der Waals surface area (Å²) in [5, 5.41) is 26.7. The Kier molecular flexibility index (Phi) is 5.67. The number of aryl methyl sites for hydroxylation is 1. The Morgan fingerprint density at radius 2 is 1.88 bits per heavy atom. The van der Waals surface area contributed by atoms with Gasteiger partial charge >= 0.3 is 6.03 Å². The number of aromatic nitrogens is 2. The van der Waals surface area contributed by atoms with Crippen molar-refractivity contribution in [1.29, 1.82) is 5.26 Å². The fourth-order valence-corrected chi connectivity index (χ4v) is 6.84. The molecule has 3 saturated carbocycles. The molecule has 208 valence electrons. The maximum atomic E-state index is 13.8. The highest BCUT2D eigenvalue weighted by atomic mass is 16.6. The zero-order chi connectivity index (χ0) is 27.6. The molecule has 1 aromatic heterocycles. The molecule has 2 heterocycles. The van der Waals surface area contributed by atoms with Crippen LogP contribution in [0.3, 0.4) is 0 Å². The maximum Gasteiger partial charge on any atom is 0.318 e. The van der Waals surface area contributed by atoms with E-state index in [0.717, 1.165) is 49.7 Å². The fourth-order valence-electron chi connectivity index (χ4n) is 6.84. The number of fused-ring (bicyclic) bond motifs is 1. The standard InChI is InChI=1S/C29H33N7O4/c1-16-23(35-40-34-16)25(37)33-24(22(17-2-3-17)18-4-5-18)26(38)32-21-7-6-19-11-29(13-30,12-20(19)10-21)36-15-28(8-9-28)14-31-27(36)39/h6-7,10,17-18,22,24H,2-5,8-9,11-12,14-15H2,1H3,(H,31,39)(H,32,38)(H,33,37)/t24-,29?/m0/s1. The van der Waals surface area contributed by atoms with Crippen LogP contribution in [-0.2, 0) is 17.6 Å². The highest BCUT2D eigenvalue weighted by Crippen LogP contribution is 2.51. The van der Waals surface area contributed by atoms with Crippen molar-refractivity contribution in [2.45, 2.75) is 69.9 Å². The van der Waals surface area contributed by atoms with Gasteiger partial charge in [0.1, 0.15) is 17.3 Å². The number of benzene rings is 1. The van der Waals surface area contributed by atoms with Crippen LogP contribution in [0, 0.1) is 41.4 Å². The maximum absolute atomic E-state index is 13.8. The van der Waals surface area contributed by atoms with Crippen molar-refractivity contribution in [2.24, 2.45) is 23.2 Å². The van der Waals surface area contributed by atoms with Gasteiger partial charge in [0.15, 0.2) is 5.69 Å². The molecule has 11 nitrogen and oxygen atoms in total. The second-order valence-corrected chi connectivity index (χ2v) is 12.6. The van der Waals surface area contributed by atoms with Crippen LogP contribution in [0.5, 0.6) is 0 Å². The van der Waals surface area contributed by atoms with Crippen molar-refractivity contribution in [2.75, 3.05) is 18.4 Å². The van der Waals surface area contributed by atoms with Crippen molar-refractivity contribution in [3.8, 4) is 6.07 Å². The average molecular weight is 544 g/mol. The Balaban J connectivity index is 1.11. The van der Waals surface area contributed by atoms with Crippen molar-refractivity contribution in [3.63, 3.8) is 0 Å². The van der Waals surface area contributed by atoms with Gasteiger partial charge in [-0.3, -0.25) is 9.59 Å². The zero-order valence-electron chi connectivity index (χ0n) is 22.5. The van der Waals surface area contributed by atoms with Gasteiger partial charge in [-0.1, -0.05) is 11.2 Å². The minimum absolute atomic E-state index is 0.0668. The summed E-state index contributed by atoms with van der Waals surface area (Å²) in [7, 11) is 0. The van der Waals surface area contributed by atoms with E-state index < -0.39 is 17.5 Å². The summed E-state index contributed by atoms with van der Waals surface area (Å²) in [6.45, 7) is 2.93. The number of carbonyl (C=O) groups is 3. The first kappa shape index (κ1) is 25.1. The summed E-state index contributed by atoms with van der Waals surface area (Å²) in [5.41, 5.74) is 2.20. The number of hydrogen-bond acceptors (Lipinski definition) is 7. The lowest BCUT2D eigenvalue weighted by atomic mass is 9.88. The number of urea groups is 1. The highest BCUT2D eigenvalue weighted by molar-refractivity contribution is 6.01. The molecule has 11 heteroatoms. The molecule has 4 fully saturated rings. The molecule has 1 aliphatic heterocycles. The summed E-state index contributed by atoms with van der Waals surface area (Å²) in [6, 6.07) is 7.28. The minimum atomic E-state index is -0.936. The van der Waals surface area contributed by atoms with Crippen LogP contribution >= 0.6 is 0 Å². The molecular weight excluding hydrogens is 510 g/mol. The zero-order valence-corrected chi connectivity index (χ0v) is 22.5. The SMILES string of the molecule is Cc1nonc1C(=O)N[C@H](C(=O)Nc1ccc2c(c1)CC(C#N)(N1CC3(CC3)CNC1=O)C2)C(C1CC1)C1CC1. The van der Waals surface area contributed by atoms with Crippen LogP contribution in [-0.4, -0.2) is 57.7 Å². The first-order chi connectivity index (χ1) is 19.3. The lowest BCUT2D eigenvalue weighted by Crippen LogP contribution is -2.61. The Bertz CT molecular complexity index is 1420. The van der Waals surface area contributed by atoms with Gasteiger partial charge in [0, 0.05) is 37.0 Å². The van der Waals surface area contributed by atoms with Gasteiger partial charge in [0.25, 0.3) is 5.91 Å². The summed E-state index contributed by atoms with van der Waals surface area (Å²) < 4.78 is 4.71. The predicted molar refractivity (Wildman–Crippen MR) is 142 cm³/mol. The van der Waals surface area contributed by atoms with Crippen molar-refractivity contribution >= 4 is 23.5 Å². The molecule has 2 atom stereocenters. The van der Waals surface area contributed by atoms with E-state index in [1.165, 1.54) is 0 Å². The average Bonchev–Trinajstić information content (AvgIpc) is 3.88. The molecule has 1 spiro atoms. The largest absolute Gasteiger partial charge is 0.338 e. The van der Waals surface area contributed by atoms with E-state index in [9.17, 15) is 19.6 Å². The number of nitrogens with zero attached hydrogens (tertiary/aromatic N) is 4. The summed E-state index contributed by atoms with van der Waals surface area (Å²) in [4.78, 5) is 41.4. The van der Waals surface area contributed by atoms with E-state index in [4.69, 9.17) is 4.63 Å². The smallest absolute Gasteiger partial charge is 0.318 e. The van der Waals surface area contributed by atoms with E-state index in [-0.39, 0.29) is 29.0 Å². The Hall–Kier alpha value is -3.94. The van der Waals surface area contributed by atoms with Crippen LogP contribution < -0.4 is 16.0 Å². The van der Waals surface area contributed by atoms with Gasteiger partial charge in [0.2, 0.25) is 5.91 Å². The number of rotatable bonds is 8. The molecule has 4 amide bonds. The van der Waals surface area contributed by atoms with Crippen LogP contribution in [0.1, 0.15) is 65.8 Å². The van der Waals surface area contributed by atoms with Gasteiger partial charge in [0.05, 0.1) is 6.07 Å². The van der Waals surface area contributed by atoms with Crippen LogP contribution in [0.15, 0.2) is 22.8 Å². The van der Waals surface area contributed by atoms with Gasteiger partial charge < -0.3 is 20.9 Å². The lowest BCUT2D eigenvalue weighted by molar-refractivity contribution is -0.119. The lowest BCUT2D eigenvalue weighted by Gasteiger charge is -2.42. The number of hydrogen-bond donors (Lipinski definition) is 3. The molecule has 1 unspecified atom stereocenters. The molecule has 4 aliphatic carbocycles. The van der Waals surface area contributed by atoms with Crippen molar-refractivity contribution < 1.29 is 19.0 Å². The predicted octanol–water partition coefficient (Wildman–Crippen LogP) is 2.72. The Morgan fingerprint density at radius 3 is 2.50 bits per heavy atom. The number of nitriles is 1.